The molecule has 0 amide bonds. The molecule has 0 N–H and O–H groups in total. The van der Waals surface area contributed by atoms with Gasteiger partial charge in [0.25, 0.3) is 5.56 Å². The number of hydrogen-bond donors (Lipinski definition) is 0. The fourth-order valence-electron chi connectivity index (χ4n) is 4.07. The number of fused-ring (bicyclic) bond motifs is 2. The highest BCUT2D eigenvalue weighted by Gasteiger charge is 2.16. The summed E-state index contributed by atoms with van der Waals surface area (Å²) in [5, 5.41) is 2.10. The van der Waals surface area contributed by atoms with E-state index in [9.17, 15) is 9.59 Å². The second-order valence-corrected chi connectivity index (χ2v) is 7.68. The lowest BCUT2D eigenvalue weighted by molar-refractivity contribution is -0.657. The molecule has 0 aliphatic heterocycles. The van der Waals surface area contributed by atoms with Gasteiger partial charge in [0, 0.05) is 35.7 Å². The minimum Gasteiger partial charge on any atom is -1.00 e. The Bertz CT molecular complexity index is 1500. The zero-order chi connectivity index (χ0) is 21.4. The normalized spacial score (nSPS) is 10.8. The van der Waals surface area contributed by atoms with E-state index in [0.29, 0.717) is 11.1 Å². The molecule has 32 heavy (non-hydrogen) atoms. The van der Waals surface area contributed by atoms with Gasteiger partial charge in [-0.25, -0.2) is 0 Å². The molecular formula is C27H21BrN2O2. The number of ketones is 1. The summed E-state index contributed by atoms with van der Waals surface area (Å²) in [5.41, 5.74) is 3.93. The number of carbonyl (C=O) groups excluding carboxylic acids is 1. The number of carbonyl (C=O) groups is 1. The molecule has 3 aromatic carbocycles. The maximum absolute atomic E-state index is 12.9. The van der Waals surface area contributed by atoms with E-state index in [1.54, 1.807) is 23.7 Å². The average molecular weight is 485 g/mol. The summed E-state index contributed by atoms with van der Waals surface area (Å²) in [6, 6.07) is 29.1. The van der Waals surface area contributed by atoms with Gasteiger partial charge in [0.05, 0.1) is 5.52 Å². The first-order valence-corrected chi connectivity index (χ1v) is 10.2. The molecule has 5 heteroatoms. The van der Waals surface area contributed by atoms with Crippen molar-refractivity contribution in [2.75, 3.05) is 0 Å². The van der Waals surface area contributed by atoms with Crippen LogP contribution in [0.2, 0.25) is 0 Å². The Balaban J connectivity index is 0.00000245. The summed E-state index contributed by atoms with van der Waals surface area (Å²) in [6.07, 6.45) is 1.92. The summed E-state index contributed by atoms with van der Waals surface area (Å²) < 4.78 is 3.63. The molecule has 0 fully saturated rings. The summed E-state index contributed by atoms with van der Waals surface area (Å²) in [6.45, 7) is 0.262. The smallest absolute Gasteiger partial charge is 0.258 e. The fraction of sp³-hybridized carbons (Fsp3) is 0.0741. The molecule has 2 aromatic heterocycles. The van der Waals surface area contributed by atoms with Crippen LogP contribution >= 0.6 is 0 Å². The number of nitrogens with zero attached hydrogens (tertiary/aromatic N) is 2. The molecule has 0 radical (unpaired) electrons. The van der Waals surface area contributed by atoms with Gasteiger partial charge in [0.1, 0.15) is 0 Å². The van der Waals surface area contributed by atoms with Crippen LogP contribution in [0.15, 0.2) is 102 Å². The first kappa shape index (κ1) is 21.7. The third kappa shape index (κ3) is 3.87. The zero-order valence-corrected chi connectivity index (χ0v) is 19.1. The van der Waals surface area contributed by atoms with E-state index in [1.165, 1.54) is 0 Å². The van der Waals surface area contributed by atoms with Crippen molar-refractivity contribution < 1.29 is 26.3 Å². The van der Waals surface area contributed by atoms with E-state index < -0.39 is 0 Å². The van der Waals surface area contributed by atoms with Crippen molar-refractivity contribution in [3.05, 3.63) is 113 Å². The fourth-order valence-corrected chi connectivity index (χ4v) is 4.07. The number of rotatable bonds is 4. The third-order valence-corrected chi connectivity index (χ3v) is 5.75. The maximum atomic E-state index is 12.9. The van der Waals surface area contributed by atoms with E-state index in [2.05, 4.69) is 0 Å². The molecule has 0 aliphatic carbocycles. The second-order valence-electron chi connectivity index (χ2n) is 7.68. The van der Waals surface area contributed by atoms with Crippen LogP contribution in [-0.2, 0) is 13.6 Å². The molecule has 0 saturated heterocycles. The number of aryl methyl sites for hydroxylation is 1. The molecule has 0 aliphatic rings. The summed E-state index contributed by atoms with van der Waals surface area (Å²) in [5.74, 6) is 0.0271. The standard InChI is InChI=1S/C27H21N2O2.BrH/c1-28-24-10-4-3-8-22(24)17-23(27(28)31)19-12-14-21(15-13-19)26(30)18-29-16-6-9-20-7-2-5-11-25(20)29;/h2-17H,18H2,1H3;1H/q+1;/p-1. The van der Waals surface area contributed by atoms with Gasteiger partial charge in [-0.2, -0.15) is 4.57 Å². The highest BCUT2D eigenvalue weighted by atomic mass is 79.9. The Hall–Kier alpha value is -3.57. The predicted octanol–water partition coefficient (Wildman–Crippen LogP) is 1.53. The molecule has 5 aromatic rings. The number of para-hydroxylation sites is 2. The summed E-state index contributed by atoms with van der Waals surface area (Å²) in [7, 11) is 1.79. The highest BCUT2D eigenvalue weighted by molar-refractivity contribution is 5.96. The molecule has 4 nitrogen and oxygen atoms in total. The van der Waals surface area contributed by atoms with Crippen LogP contribution in [0, 0.1) is 0 Å². The first-order valence-electron chi connectivity index (χ1n) is 10.2. The monoisotopic (exact) mass is 484 g/mol. The van der Waals surface area contributed by atoms with E-state index >= 15 is 0 Å². The minimum absolute atomic E-state index is 0. The van der Waals surface area contributed by atoms with Crippen molar-refractivity contribution in [3.63, 3.8) is 0 Å². The Morgan fingerprint density at radius 3 is 2.28 bits per heavy atom. The summed E-state index contributed by atoms with van der Waals surface area (Å²) >= 11 is 0. The van der Waals surface area contributed by atoms with E-state index in [0.717, 1.165) is 27.4 Å². The predicted molar refractivity (Wildman–Crippen MR) is 123 cm³/mol. The van der Waals surface area contributed by atoms with E-state index in [1.807, 2.05) is 89.6 Å². The SMILES string of the molecule is Cn1c(=O)c(-c2ccc(C(=O)C[n+]3cccc4ccccc43)cc2)cc2ccccc21.[Br-]. The zero-order valence-electron chi connectivity index (χ0n) is 17.5. The van der Waals surface area contributed by atoms with Crippen LogP contribution in [0.1, 0.15) is 10.4 Å². The van der Waals surface area contributed by atoms with Crippen molar-refractivity contribution in [2.24, 2.45) is 7.05 Å². The summed E-state index contributed by atoms with van der Waals surface area (Å²) in [4.78, 5) is 25.8. The maximum Gasteiger partial charge on any atom is 0.258 e. The van der Waals surface area contributed by atoms with Crippen molar-refractivity contribution in [1.82, 2.24) is 4.57 Å². The number of pyridine rings is 2. The largest absolute Gasteiger partial charge is 1.00 e. The van der Waals surface area contributed by atoms with Crippen molar-refractivity contribution in [3.8, 4) is 11.1 Å². The van der Waals surface area contributed by atoms with Crippen molar-refractivity contribution >= 4 is 27.6 Å². The van der Waals surface area contributed by atoms with Crippen LogP contribution in [-0.4, -0.2) is 10.4 Å². The van der Waals surface area contributed by atoms with Gasteiger partial charge >= 0.3 is 0 Å². The second kappa shape index (κ2) is 8.89. The number of halogens is 1. The topological polar surface area (TPSA) is 43.0 Å². The van der Waals surface area contributed by atoms with E-state index in [-0.39, 0.29) is 34.9 Å². The van der Waals surface area contributed by atoms with Crippen LogP contribution in [0.4, 0.5) is 0 Å². The average Bonchev–Trinajstić information content (AvgIpc) is 2.82. The Morgan fingerprint density at radius 1 is 0.844 bits per heavy atom. The number of benzene rings is 3. The molecule has 0 unspecified atom stereocenters. The molecular weight excluding hydrogens is 464 g/mol. The van der Waals surface area contributed by atoms with Gasteiger partial charge in [-0.05, 0) is 35.2 Å². The number of aromatic nitrogens is 2. The van der Waals surface area contributed by atoms with E-state index in [4.69, 9.17) is 0 Å². The Labute approximate surface area is 196 Å². The minimum atomic E-state index is -0.0518. The lowest BCUT2D eigenvalue weighted by atomic mass is 10.0. The van der Waals surface area contributed by atoms with Gasteiger partial charge < -0.3 is 21.5 Å². The van der Waals surface area contributed by atoms with Crippen LogP contribution in [0.5, 0.6) is 0 Å². The quantitative estimate of drug-likeness (QED) is 0.287. The third-order valence-electron chi connectivity index (χ3n) is 5.75. The van der Waals surface area contributed by atoms with Gasteiger partial charge in [-0.3, -0.25) is 9.59 Å². The number of hydrogen-bond acceptors (Lipinski definition) is 2. The molecule has 0 atom stereocenters. The van der Waals surface area contributed by atoms with Gasteiger partial charge in [0.15, 0.2) is 6.20 Å². The molecule has 0 spiro atoms. The number of Topliss-reactive ketones (excluding diaryl/α,β-unsaturated/α-hetero) is 1. The Kier molecular flexibility index (Phi) is 6.01. The molecule has 0 saturated carbocycles. The van der Waals surface area contributed by atoms with Gasteiger partial charge in [0.2, 0.25) is 17.8 Å². The molecule has 2 heterocycles. The highest BCUT2D eigenvalue weighted by Crippen LogP contribution is 2.21. The lowest BCUT2D eigenvalue weighted by Crippen LogP contribution is -3.00. The van der Waals surface area contributed by atoms with Crippen LogP contribution in [0.3, 0.4) is 0 Å². The molecule has 158 valence electrons. The Morgan fingerprint density at radius 2 is 1.50 bits per heavy atom. The van der Waals surface area contributed by atoms with Gasteiger partial charge in [-0.1, -0.05) is 54.6 Å². The van der Waals surface area contributed by atoms with Crippen molar-refractivity contribution in [1.29, 1.82) is 0 Å². The van der Waals surface area contributed by atoms with Gasteiger partial charge in [-0.15, -0.1) is 0 Å². The van der Waals surface area contributed by atoms with Crippen LogP contribution in [0.25, 0.3) is 32.9 Å². The van der Waals surface area contributed by atoms with Crippen LogP contribution < -0.4 is 27.1 Å². The first-order chi connectivity index (χ1) is 15.1. The lowest BCUT2D eigenvalue weighted by Gasteiger charge is -2.09. The molecule has 0 bridgehead atoms. The molecule has 5 rings (SSSR count). The van der Waals surface area contributed by atoms with Crippen molar-refractivity contribution in [2.45, 2.75) is 6.54 Å².